The van der Waals surface area contributed by atoms with Gasteiger partial charge in [-0.25, -0.2) is 22.0 Å². The Balaban J connectivity index is 1.44. The Morgan fingerprint density at radius 2 is 1.26 bits per heavy atom. The van der Waals surface area contributed by atoms with Gasteiger partial charge >= 0.3 is 6.18 Å². The summed E-state index contributed by atoms with van der Waals surface area (Å²) in [5, 5.41) is -0.427. The summed E-state index contributed by atoms with van der Waals surface area (Å²) in [5.41, 5.74) is 1.24. The molecule has 0 atom stereocenters. The topological polar surface area (TPSA) is 0 Å². The normalized spacial score (nSPS) is 11.5. The van der Waals surface area contributed by atoms with Crippen molar-refractivity contribution in [1.82, 2.24) is 0 Å². The van der Waals surface area contributed by atoms with Crippen LogP contribution in [0.5, 0.6) is 0 Å². The Hall–Kier alpha value is -4.64. The van der Waals surface area contributed by atoms with Gasteiger partial charge in [-0.05, 0) is 77.7 Å². The van der Waals surface area contributed by atoms with Crippen LogP contribution in [0.15, 0.2) is 78.9 Å². The third kappa shape index (κ3) is 6.15. The highest BCUT2D eigenvalue weighted by Crippen LogP contribution is 2.35. The van der Waals surface area contributed by atoms with Gasteiger partial charge in [-0.3, -0.25) is 0 Å². The number of aryl methyl sites for hydroxylation is 3. The van der Waals surface area contributed by atoms with E-state index in [1.165, 1.54) is 18.1 Å². The zero-order chi connectivity index (χ0) is 30.2. The van der Waals surface area contributed by atoms with Gasteiger partial charge in [0.05, 0.1) is 11.1 Å². The second-order valence-corrected chi connectivity index (χ2v) is 9.85. The van der Waals surface area contributed by atoms with Crippen LogP contribution in [0.4, 0.5) is 35.1 Å². The molecule has 0 N–H and O–H groups in total. The molecule has 0 heterocycles. The maximum Gasteiger partial charge on any atom is 0.458 e. The van der Waals surface area contributed by atoms with Crippen LogP contribution in [0.1, 0.15) is 22.3 Å². The van der Waals surface area contributed by atoms with Gasteiger partial charge in [-0.1, -0.05) is 60.0 Å². The zero-order valence-electron chi connectivity index (χ0n) is 21.9. The summed E-state index contributed by atoms with van der Waals surface area (Å²) >= 11 is 0. The average molecular weight is 581 g/mol. The molecule has 0 aromatic heterocycles. The summed E-state index contributed by atoms with van der Waals surface area (Å²) in [6.45, 7) is 1.99. The largest absolute Gasteiger partial charge is 0.458 e. The Kier molecular flexibility index (Phi) is 7.79. The first-order valence-electron chi connectivity index (χ1n) is 12.7. The summed E-state index contributed by atoms with van der Waals surface area (Å²) in [6, 6.07) is 18.4. The van der Waals surface area contributed by atoms with E-state index in [-0.39, 0.29) is 27.5 Å². The zero-order valence-corrected chi connectivity index (χ0v) is 21.9. The fourth-order valence-electron chi connectivity index (χ4n) is 4.73. The number of halogens is 8. The Bertz CT molecular complexity index is 1850. The summed E-state index contributed by atoms with van der Waals surface area (Å²) in [6.07, 6.45) is -3.69. The lowest BCUT2D eigenvalue weighted by Crippen LogP contribution is -2.02. The second-order valence-electron chi connectivity index (χ2n) is 9.85. The van der Waals surface area contributed by atoms with Crippen molar-refractivity contribution >= 4 is 10.8 Å². The number of benzene rings is 5. The van der Waals surface area contributed by atoms with Gasteiger partial charge in [0.25, 0.3) is 0 Å². The Labute approximate surface area is 236 Å². The molecule has 0 saturated heterocycles. The minimum Gasteiger partial charge on any atom is -0.206 e. The molecule has 5 rings (SSSR count). The molecule has 0 unspecified atom stereocenters. The van der Waals surface area contributed by atoms with E-state index in [0.29, 0.717) is 12.8 Å². The first-order chi connectivity index (χ1) is 19.9. The van der Waals surface area contributed by atoms with Crippen molar-refractivity contribution in [3.63, 3.8) is 0 Å². The minimum atomic E-state index is -4.95. The predicted molar refractivity (Wildman–Crippen MR) is 146 cm³/mol. The van der Waals surface area contributed by atoms with E-state index in [1.54, 1.807) is 6.07 Å². The van der Waals surface area contributed by atoms with E-state index in [9.17, 15) is 22.0 Å². The van der Waals surface area contributed by atoms with Crippen LogP contribution in [0.25, 0.3) is 33.0 Å². The molecular formula is C34H20F8. The Morgan fingerprint density at radius 3 is 1.90 bits per heavy atom. The van der Waals surface area contributed by atoms with E-state index < -0.39 is 46.4 Å². The first kappa shape index (κ1) is 28.9. The van der Waals surface area contributed by atoms with E-state index in [4.69, 9.17) is 0 Å². The van der Waals surface area contributed by atoms with Gasteiger partial charge in [0.2, 0.25) is 0 Å². The summed E-state index contributed by atoms with van der Waals surface area (Å²) in [4.78, 5) is 0. The lowest BCUT2D eigenvalue weighted by molar-refractivity contribution is -0.0696. The van der Waals surface area contributed by atoms with Crippen molar-refractivity contribution in [3.8, 4) is 34.1 Å². The third-order valence-electron chi connectivity index (χ3n) is 6.86. The van der Waals surface area contributed by atoms with E-state index in [1.807, 2.05) is 31.2 Å². The van der Waals surface area contributed by atoms with Gasteiger partial charge in [-0.2, -0.15) is 13.2 Å². The van der Waals surface area contributed by atoms with Crippen molar-refractivity contribution < 1.29 is 35.1 Å². The van der Waals surface area contributed by atoms with Crippen molar-refractivity contribution in [1.29, 1.82) is 0 Å². The summed E-state index contributed by atoms with van der Waals surface area (Å²) in [7, 11) is 0. The van der Waals surface area contributed by atoms with Crippen LogP contribution in [0, 0.1) is 47.9 Å². The molecule has 0 saturated carbocycles. The van der Waals surface area contributed by atoms with Gasteiger partial charge < -0.3 is 0 Å². The summed E-state index contributed by atoms with van der Waals surface area (Å²) in [5.74, 6) is -3.15. The smallest absolute Gasteiger partial charge is 0.206 e. The van der Waals surface area contributed by atoms with Crippen LogP contribution in [0.2, 0.25) is 0 Å². The lowest BCUT2D eigenvalue weighted by atomic mass is 9.95. The van der Waals surface area contributed by atoms with E-state index in [2.05, 4.69) is 0 Å². The monoisotopic (exact) mass is 580 g/mol. The van der Waals surface area contributed by atoms with Gasteiger partial charge in [0, 0.05) is 16.9 Å². The predicted octanol–water partition coefficient (Wildman–Crippen LogP) is 9.88. The van der Waals surface area contributed by atoms with Crippen LogP contribution >= 0.6 is 0 Å². The van der Waals surface area contributed by atoms with Crippen LogP contribution in [-0.4, -0.2) is 6.18 Å². The molecule has 0 fully saturated rings. The molecule has 5 aromatic carbocycles. The fourth-order valence-corrected chi connectivity index (χ4v) is 4.73. The number of rotatable bonds is 5. The highest BCUT2D eigenvalue weighted by molar-refractivity contribution is 5.89. The van der Waals surface area contributed by atoms with Crippen LogP contribution < -0.4 is 0 Å². The molecule has 0 bridgehead atoms. The molecule has 0 aliphatic rings. The molecule has 0 aliphatic carbocycles. The number of fused-ring (bicyclic) bond motifs is 1. The molecule has 0 radical (unpaired) electrons. The molecular weight excluding hydrogens is 560 g/mol. The fraction of sp³-hybridized carbons (Fsp3) is 0.118. The molecule has 42 heavy (non-hydrogen) atoms. The van der Waals surface area contributed by atoms with Gasteiger partial charge in [-0.15, -0.1) is 0 Å². The molecule has 0 aliphatic heterocycles. The standard InChI is InChI=1S/C34H20F8/c1-19-2-4-20(5-3-19)6-7-21-8-10-25(28(35)14-21)24-17-30(37)32(31(38)18-24)22-9-11-26-23(15-22)16-29(36)27(33(26)39)12-13-34(40,41)42/h2-5,8-11,14-18H,6-7H2,1H3. The van der Waals surface area contributed by atoms with Gasteiger partial charge in [0.15, 0.2) is 0 Å². The maximum absolute atomic E-state index is 15.2. The minimum absolute atomic E-state index is 0.00594. The highest BCUT2D eigenvalue weighted by atomic mass is 19.4. The summed E-state index contributed by atoms with van der Waals surface area (Å²) < 4.78 is 112. The molecule has 0 spiro atoms. The van der Waals surface area contributed by atoms with Crippen LogP contribution in [0.3, 0.4) is 0 Å². The van der Waals surface area contributed by atoms with Crippen molar-refractivity contribution in [3.05, 3.63) is 130 Å². The van der Waals surface area contributed by atoms with Crippen molar-refractivity contribution in [2.45, 2.75) is 25.9 Å². The van der Waals surface area contributed by atoms with E-state index in [0.717, 1.165) is 59.0 Å². The van der Waals surface area contributed by atoms with E-state index >= 15 is 13.2 Å². The highest BCUT2D eigenvalue weighted by Gasteiger charge is 2.24. The number of alkyl halides is 3. The molecule has 0 nitrogen and oxygen atoms in total. The van der Waals surface area contributed by atoms with Crippen LogP contribution in [-0.2, 0) is 12.8 Å². The SMILES string of the molecule is Cc1ccc(CCc2ccc(-c3cc(F)c(-c4ccc5c(F)c(C#CC(F)(F)F)c(F)cc5c4)c(F)c3)c(F)c2)cc1. The van der Waals surface area contributed by atoms with Crippen molar-refractivity contribution in [2.24, 2.45) is 0 Å². The van der Waals surface area contributed by atoms with Gasteiger partial charge in [0.1, 0.15) is 29.1 Å². The first-order valence-corrected chi connectivity index (χ1v) is 12.7. The number of hydrogen-bond donors (Lipinski definition) is 0. The molecule has 0 amide bonds. The van der Waals surface area contributed by atoms with Crippen molar-refractivity contribution in [2.75, 3.05) is 0 Å². The Morgan fingerprint density at radius 1 is 0.619 bits per heavy atom. The third-order valence-corrected chi connectivity index (χ3v) is 6.86. The average Bonchev–Trinajstić information content (AvgIpc) is 2.91. The quantitative estimate of drug-likeness (QED) is 0.143. The molecule has 212 valence electrons. The maximum atomic E-state index is 15.2. The number of hydrogen-bond acceptors (Lipinski definition) is 0. The lowest BCUT2D eigenvalue weighted by Gasteiger charge is -2.12. The molecule has 8 heteroatoms. The second kappa shape index (κ2) is 11.3. The molecule has 5 aromatic rings.